The number of carboxylic acid groups (broad SMARTS) is 1. The van der Waals surface area contributed by atoms with Crippen LogP contribution < -0.4 is 0 Å². The molecule has 0 aromatic carbocycles. The maximum absolute atomic E-state index is 10.8. The number of nitrogens with zero attached hydrogens (tertiary/aromatic N) is 1. The summed E-state index contributed by atoms with van der Waals surface area (Å²) in [6.07, 6.45) is 7.13. The number of hydrogen-bond acceptors (Lipinski definition) is 3. The molecule has 80 valence electrons. The van der Waals surface area contributed by atoms with E-state index in [9.17, 15) is 4.79 Å². The van der Waals surface area contributed by atoms with E-state index in [0.29, 0.717) is 5.57 Å². The molecular weight excluding hydrogens is 194 g/mol. The Morgan fingerprint density at radius 2 is 2.27 bits per heavy atom. The monoisotopic (exact) mass is 207 g/mol. The largest absolute Gasteiger partial charge is 0.478 e. The van der Waals surface area contributed by atoms with Gasteiger partial charge < -0.3 is 15.1 Å². The first-order chi connectivity index (χ1) is 7.13. The molecule has 2 rings (SSSR count). The molecule has 0 aromatic rings. The highest BCUT2D eigenvalue weighted by Crippen LogP contribution is 2.31. The van der Waals surface area contributed by atoms with Crippen LogP contribution >= 0.6 is 0 Å². The van der Waals surface area contributed by atoms with Crippen LogP contribution in [0.25, 0.3) is 0 Å². The highest BCUT2D eigenvalue weighted by molar-refractivity contribution is 5.90. The number of aliphatic hydroxyl groups is 1. The quantitative estimate of drug-likeness (QED) is 0.687. The smallest absolute Gasteiger partial charge is 0.335 e. The van der Waals surface area contributed by atoms with E-state index in [1.165, 1.54) is 0 Å². The molecule has 2 N–H and O–H groups in total. The fourth-order valence-corrected chi connectivity index (χ4v) is 2.06. The van der Waals surface area contributed by atoms with Crippen LogP contribution in [0.3, 0.4) is 0 Å². The topological polar surface area (TPSA) is 60.8 Å². The molecule has 4 heteroatoms. The molecule has 1 aliphatic carbocycles. The maximum atomic E-state index is 10.8. The second-order valence-electron chi connectivity index (χ2n) is 3.78. The average molecular weight is 207 g/mol. The third kappa shape index (κ3) is 1.57. The molecule has 0 radical (unpaired) electrons. The molecule has 0 fully saturated rings. The van der Waals surface area contributed by atoms with Crippen molar-refractivity contribution in [3.63, 3.8) is 0 Å². The number of carbonyl (C=O) groups is 1. The van der Waals surface area contributed by atoms with Crippen molar-refractivity contribution in [3.8, 4) is 0 Å². The Morgan fingerprint density at radius 3 is 2.87 bits per heavy atom. The number of aliphatic hydroxyl groups excluding tert-OH is 1. The summed E-state index contributed by atoms with van der Waals surface area (Å²) in [5.41, 5.74) is 1.16. The van der Waals surface area contributed by atoms with Gasteiger partial charge in [0.1, 0.15) is 0 Å². The van der Waals surface area contributed by atoms with E-state index in [-0.39, 0.29) is 18.6 Å². The number of fused-ring (bicyclic) bond motifs is 1. The van der Waals surface area contributed by atoms with Gasteiger partial charge in [-0.25, -0.2) is 4.79 Å². The molecule has 0 saturated carbocycles. The van der Waals surface area contributed by atoms with Gasteiger partial charge in [0.15, 0.2) is 0 Å². The summed E-state index contributed by atoms with van der Waals surface area (Å²) in [6, 6.07) is 0.148. The minimum absolute atomic E-state index is 0.00636. The van der Waals surface area contributed by atoms with Crippen molar-refractivity contribution in [3.05, 3.63) is 35.6 Å². The van der Waals surface area contributed by atoms with E-state index >= 15 is 0 Å². The zero-order chi connectivity index (χ0) is 11.0. The van der Waals surface area contributed by atoms with Gasteiger partial charge in [-0.2, -0.15) is 0 Å². The Labute approximate surface area is 87.8 Å². The second-order valence-corrected chi connectivity index (χ2v) is 3.78. The Bertz CT molecular complexity index is 381. The van der Waals surface area contributed by atoms with Gasteiger partial charge in [0.2, 0.25) is 0 Å². The van der Waals surface area contributed by atoms with Crippen LogP contribution in [-0.4, -0.2) is 40.8 Å². The second kappa shape index (κ2) is 3.55. The van der Waals surface area contributed by atoms with Crippen LogP contribution in [0.4, 0.5) is 0 Å². The summed E-state index contributed by atoms with van der Waals surface area (Å²) >= 11 is 0. The van der Waals surface area contributed by atoms with Crippen LogP contribution in [0.2, 0.25) is 0 Å². The van der Waals surface area contributed by atoms with Gasteiger partial charge in [-0.3, -0.25) is 0 Å². The van der Waals surface area contributed by atoms with Crippen LogP contribution in [0.5, 0.6) is 0 Å². The Balaban J connectivity index is 2.27. The number of rotatable bonds is 2. The number of aliphatic carboxylic acids is 1. The first-order valence-electron chi connectivity index (χ1n) is 4.81. The van der Waals surface area contributed by atoms with Gasteiger partial charge in [0.25, 0.3) is 0 Å². The minimum Gasteiger partial charge on any atom is -0.478 e. The lowest BCUT2D eigenvalue weighted by Crippen LogP contribution is -2.30. The molecule has 0 spiro atoms. The molecule has 2 aliphatic rings. The molecule has 1 heterocycles. The average Bonchev–Trinajstić information content (AvgIpc) is 2.55. The normalized spacial score (nSPS) is 28.5. The molecule has 1 aliphatic heterocycles. The summed E-state index contributed by atoms with van der Waals surface area (Å²) < 4.78 is 0. The Morgan fingerprint density at radius 1 is 1.53 bits per heavy atom. The SMILES string of the molecule is CN1C(CO)=CC2C=C(C(=O)O)C=CC21. The van der Waals surface area contributed by atoms with E-state index in [1.807, 2.05) is 24.1 Å². The summed E-state index contributed by atoms with van der Waals surface area (Å²) in [4.78, 5) is 12.7. The van der Waals surface area contributed by atoms with E-state index < -0.39 is 5.97 Å². The Hall–Kier alpha value is -1.55. The number of likely N-dealkylation sites (N-methyl/N-ethyl adjacent to an activating group) is 1. The van der Waals surface area contributed by atoms with Gasteiger partial charge in [0.05, 0.1) is 18.2 Å². The third-order valence-corrected chi connectivity index (χ3v) is 2.93. The van der Waals surface area contributed by atoms with Crippen molar-refractivity contribution in [2.24, 2.45) is 5.92 Å². The third-order valence-electron chi connectivity index (χ3n) is 2.93. The molecule has 2 unspecified atom stereocenters. The van der Waals surface area contributed by atoms with Gasteiger partial charge in [0, 0.05) is 18.7 Å². The zero-order valence-electron chi connectivity index (χ0n) is 8.42. The summed E-state index contributed by atoms with van der Waals surface area (Å²) in [7, 11) is 1.90. The van der Waals surface area contributed by atoms with Gasteiger partial charge in [-0.1, -0.05) is 18.2 Å². The number of carboxylic acids is 1. The van der Waals surface area contributed by atoms with Crippen molar-refractivity contribution in [1.29, 1.82) is 0 Å². The van der Waals surface area contributed by atoms with Crippen LogP contribution in [0.15, 0.2) is 35.6 Å². The lowest BCUT2D eigenvalue weighted by Gasteiger charge is -2.26. The highest BCUT2D eigenvalue weighted by atomic mass is 16.4. The minimum atomic E-state index is -0.904. The van der Waals surface area contributed by atoms with E-state index in [1.54, 1.807) is 12.2 Å². The van der Waals surface area contributed by atoms with Gasteiger partial charge in [-0.15, -0.1) is 0 Å². The van der Waals surface area contributed by atoms with E-state index in [2.05, 4.69) is 0 Å². The molecule has 0 amide bonds. The maximum Gasteiger partial charge on any atom is 0.335 e. The van der Waals surface area contributed by atoms with Crippen molar-refractivity contribution < 1.29 is 15.0 Å². The fourth-order valence-electron chi connectivity index (χ4n) is 2.06. The van der Waals surface area contributed by atoms with E-state index in [0.717, 1.165) is 5.70 Å². The standard InChI is InChI=1S/C11H13NO3/c1-12-9(6-13)5-8-4-7(11(14)15)2-3-10(8)12/h2-5,8,10,13H,6H2,1H3,(H,14,15). The molecule has 0 saturated heterocycles. The van der Waals surface area contributed by atoms with Crippen molar-refractivity contribution in [1.82, 2.24) is 4.90 Å². The predicted molar refractivity (Wildman–Crippen MR) is 55.1 cm³/mol. The van der Waals surface area contributed by atoms with Crippen molar-refractivity contribution >= 4 is 5.97 Å². The zero-order valence-corrected chi connectivity index (χ0v) is 8.42. The first kappa shape index (κ1) is 9.98. The predicted octanol–water partition coefficient (Wildman–Crippen LogP) is 0.374. The van der Waals surface area contributed by atoms with Crippen LogP contribution in [0, 0.1) is 5.92 Å². The summed E-state index contributed by atoms with van der Waals surface area (Å²) in [6.45, 7) is -0.00636. The van der Waals surface area contributed by atoms with Crippen LogP contribution in [-0.2, 0) is 4.79 Å². The van der Waals surface area contributed by atoms with Crippen molar-refractivity contribution in [2.45, 2.75) is 6.04 Å². The molecular formula is C11H13NO3. The van der Waals surface area contributed by atoms with Gasteiger partial charge in [-0.05, 0) is 6.08 Å². The highest BCUT2D eigenvalue weighted by Gasteiger charge is 2.31. The van der Waals surface area contributed by atoms with Gasteiger partial charge >= 0.3 is 5.97 Å². The molecule has 2 atom stereocenters. The lowest BCUT2D eigenvalue weighted by atomic mass is 9.93. The molecule has 0 bridgehead atoms. The van der Waals surface area contributed by atoms with Crippen LogP contribution in [0.1, 0.15) is 0 Å². The van der Waals surface area contributed by atoms with Crippen molar-refractivity contribution in [2.75, 3.05) is 13.7 Å². The number of hydrogen-bond donors (Lipinski definition) is 2. The Kier molecular flexibility index (Phi) is 2.36. The lowest BCUT2D eigenvalue weighted by molar-refractivity contribution is -0.132. The molecule has 15 heavy (non-hydrogen) atoms. The fraction of sp³-hybridized carbons (Fsp3) is 0.364. The molecule has 4 nitrogen and oxygen atoms in total. The summed E-state index contributed by atoms with van der Waals surface area (Å²) in [5.74, 6) is -0.841. The first-order valence-corrected chi connectivity index (χ1v) is 4.81. The van der Waals surface area contributed by atoms with E-state index in [4.69, 9.17) is 10.2 Å². The molecule has 0 aromatic heterocycles. The summed E-state index contributed by atoms with van der Waals surface area (Å²) in [5, 5.41) is 17.9.